The van der Waals surface area contributed by atoms with E-state index in [0.717, 1.165) is 6.42 Å². The number of benzene rings is 1. The van der Waals surface area contributed by atoms with Gasteiger partial charge in [0.1, 0.15) is 6.54 Å². The Labute approximate surface area is 164 Å². The number of carboxylic acids is 1. The van der Waals surface area contributed by atoms with Gasteiger partial charge in [0.15, 0.2) is 11.5 Å². The van der Waals surface area contributed by atoms with Crippen LogP contribution in [-0.4, -0.2) is 71.6 Å². The van der Waals surface area contributed by atoms with Crippen molar-refractivity contribution in [1.82, 2.24) is 9.80 Å². The first-order chi connectivity index (χ1) is 13.5. The summed E-state index contributed by atoms with van der Waals surface area (Å²) in [6, 6.07) is 5.05. The first-order valence-corrected chi connectivity index (χ1v) is 9.63. The van der Waals surface area contributed by atoms with Gasteiger partial charge in [0.2, 0.25) is 5.91 Å². The number of carbonyl (C=O) groups is 3. The molecule has 28 heavy (non-hydrogen) atoms. The SMILES string of the molecule is CC(=O)N(CC(=O)O)C1CCCN(C(=O)c2ccc3c(c2)OCCCO3)CC1. The van der Waals surface area contributed by atoms with Gasteiger partial charge in [0, 0.05) is 38.0 Å². The highest BCUT2D eigenvalue weighted by atomic mass is 16.5. The summed E-state index contributed by atoms with van der Waals surface area (Å²) in [5, 5.41) is 9.06. The Morgan fingerprint density at radius 3 is 2.57 bits per heavy atom. The Balaban J connectivity index is 1.68. The fourth-order valence-electron chi connectivity index (χ4n) is 3.72. The topological polar surface area (TPSA) is 96.4 Å². The maximum atomic E-state index is 13.0. The summed E-state index contributed by atoms with van der Waals surface area (Å²) >= 11 is 0. The minimum atomic E-state index is -1.03. The van der Waals surface area contributed by atoms with Crippen LogP contribution in [0.5, 0.6) is 11.5 Å². The number of rotatable bonds is 4. The zero-order valence-electron chi connectivity index (χ0n) is 16.1. The molecule has 0 spiro atoms. The lowest BCUT2D eigenvalue weighted by Gasteiger charge is -2.28. The van der Waals surface area contributed by atoms with Gasteiger partial charge < -0.3 is 24.4 Å². The number of fused-ring (bicyclic) bond motifs is 1. The van der Waals surface area contributed by atoms with Crippen molar-refractivity contribution < 1.29 is 29.0 Å². The van der Waals surface area contributed by atoms with Crippen molar-refractivity contribution in [2.45, 2.75) is 38.6 Å². The summed E-state index contributed by atoms with van der Waals surface area (Å²) in [4.78, 5) is 39.0. The number of carbonyl (C=O) groups excluding carboxylic acids is 2. The van der Waals surface area contributed by atoms with Gasteiger partial charge in [0.05, 0.1) is 13.2 Å². The predicted molar refractivity (Wildman–Crippen MR) is 101 cm³/mol. The van der Waals surface area contributed by atoms with Crippen LogP contribution < -0.4 is 9.47 Å². The minimum Gasteiger partial charge on any atom is -0.490 e. The van der Waals surface area contributed by atoms with Crippen molar-refractivity contribution in [3.05, 3.63) is 23.8 Å². The second-order valence-corrected chi connectivity index (χ2v) is 7.13. The zero-order valence-corrected chi connectivity index (χ0v) is 16.1. The van der Waals surface area contributed by atoms with Gasteiger partial charge in [-0.3, -0.25) is 14.4 Å². The molecule has 1 aromatic carbocycles. The Hall–Kier alpha value is -2.77. The van der Waals surface area contributed by atoms with E-state index in [2.05, 4.69) is 0 Å². The van der Waals surface area contributed by atoms with Gasteiger partial charge in [-0.2, -0.15) is 0 Å². The van der Waals surface area contributed by atoms with Crippen molar-refractivity contribution in [3.8, 4) is 11.5 Å². The normalized spacial score (nSPS) is 19.3. The molecule has 2 heterocycles. The van der Waals surface area contributed by atoms with Crippen LogP contribution in [-0.2, 0) is 9.59 Å². The summed E-state index contributed by atoms with van der Waals surface area (Å²) in [7, 11) is 0. The van der Waals surface area contributed by atoms with E-state index in [0.29, 0.717) is 62.6 Å². The number of nitrogens with zero attached hydrogens (tertiary/aromatic N) is 2. The van der Waals surface area contributed by atoms with E-state index in [-0.39, 0.29) is 24.4 Å². The van der Waals surface area contributed by atoms with Gasteiger partial charge >= 0.3 is 5.97 Å². The number of carboxylic acid groups (broad SMARTS) is 1. The van der Waals surface area contributed by atoms with Crippen LogP contribution in [0.15, 0.2) is 18.2 Å². The molecule has 1 atom stereocenters. The highest BCUT2D eigenvalue weighted by Gasteiger charge is 2.28. The predicted octanol–water partition coefficient (Wildman–Crippen LogP) is 1.78. The molecule has 2 aliphatic heterocycles. The summed E-state index contributed by atoms with van der Waals surface area (Å²) in [5.74, 6) is -0.144. The fraction of sp³-hybridized carbons (Fsp3) is 0.550. The molecule has 8 nitrogen and oxygen atoms in total. The number of likely N-dealkylation sites (tertiary alicyclic amines) is 1. The Morgan fingerprint density at radius 1 is 1.11 bits per heavy atom. The number of hydrogen-bond acceptors (Lipinski definition) is 5. The van der Waals surface area contributed by atoms with Gasteiger partial charge in [0.25, 0.3) is 5.91 Å². The van der Waals surface area contributed by atoms with E-state index >= 15 is 0 Å². The van der Waals surface area contributed by atoms with Crippen LogP contribution in [0.25, 0.3) is 0 Å². The molecule has 1 unspecified atom stereocenters. The second kappa shape index (κ2) is 8.95. The monoisotopic (exact) mass is 390 g/mol. The van der Waals surface area contributed by atoms with Gasteiger partial charge in [-0.1, -0.05) is 0 Å². The number of ether oxygens (including phenoxy) is 2. The van der Waals surface area contributed by atoms with Gasteiger partial charge in [-0.15, -0.1) is 0 Å². The summed E-state index contributed by atoms with van der Waals surface area (Å²) in [5.41, 5.74) is 0.539. The lowest BCUT2D eigenvalue weighted by Crippen LogP contribution is -2.43. The average molecular weight is 390 g/mol. The van der Waals surface area contributed by atoms with Crippen LogP contribution in [0.1, 0.15) is 43.0 Å². The third-order valence-electron chi connectivity index (χ3n) is 5.13. The summed E-state index contributed by atoms with van der Waals surface area (Å²) in [6.45, 7) is 3.27. The van der Waals surface area contributed by atoms with Gasteiger partial charge in [-0.05, 0) is 37.5 Å². The molecule has 1 fully saturated rings. The minimum absolute atomic E-state index is 0.0936. The molecule has 152 valence electrons. The molecular formula is C20H26N2O6. The van der Waals surface area contributed by atoms with Crippen molar-refractivity contribution >= 4 is 17.8 Å². The Morgan fingerprint density at radius 2 is 1.86 bits per heavy atom. The van der Waals surface area contributed by atoms with Crippen molar-refractivity contribution in [3.63, 3.8) is 0 Å². The smallest absolute Gasteiger partial charge is 0.323 e. The Kier molecular flexibility index (Phi) is 6.38. The standard InChI is InChI=1S/C20H26N2O6/c1-14(23)22(13-19(24)25)16-4-2-8-21(9-7-16)20(26)15-5-6-17-18(12-15)28-11-3-10-27-17/h5-6,12,16H,2-4,7-11,13H2,1H3,(H,24,25). The molecule has 1 aromatic rings. The molecule has 0 saturated carbocycles. The van der Waals surface area contributed by atoms with Crippen LogP contribution >= 0.6 is 0 Å². The highest BCUT2D eigenvalue weighted by molar-refractivity contribution is 5.95. The maximum absolute atomic E-state index is 13.0. The van der Waals surface area contributed by atoms with Crippen molar-refractivity contribution in [1.29, 1.82) is 0 Å². The van der Waals surface area contributed by atoms with Crippen LogP contribution in [0, 0.1) is 0 Å². The molecule has 2 aliphatic rings. The summed E-state index contributed by atoms with van der Waals surface area (Å²) in [6.07, 6.45) is 2.75. The van der Waals surface area contributed by atoms with Crippen molar-refractivity contribution in [2.24, 2.45) is 0 Å². The molecule has 1 saturated heterocycles. The van der Waals surface area contributed by atoms with Crippen LogP contribution in [0.2, 0.25) is 0 Å². The van der Waals surface area contributed by atoms with E-state index in [1.165, 1.54) is 11.8 Å². The van der Waals surface area contributed by atoms with Crippen LogP contribution in [0.4, 0.5) is 0 Å². The van der Waals surface area contributed by atoms with Crippen LogP contribution in [0.3, 0.4) is 0 Å². The Bertz CT molecular complexity index is 750. The molecule has 2 amide bonds. The lowest BCUT2D eigenvalue weighted by atomic mass is 10.1. The van der Waals surface area contributed by atoms with E-state index in [9.17, 15) is 14.4 Å². The lowest BCUT2D eigenvalue weighted by molar-refractivity contribution is -0.145. The van der Waals surface area contributed by atoms with E-state index in [1.54, 1.807) is 23.1 Å². The molecular weight excluding hydrogens is 364 g/mol. The second-order valence-electron chi connectivity index (χ2n) is 7.13. The first-order valence-electron chi connectivity index (χ1n) is 9.63. The molecule has 8 heteroatoms. The fourth-order valence-corrected chi connectivity index (χ4v) is 3.72. The van der Waals surface area contributed by atoms with E-state index in [4.69, 9.17) is 14.6 Å². The molecule has 0 aromatic heterocycles. The first kappa shape index (κ1) is 20.0. The van der Waals surface area contributed by atoms with Crippen molar-refractivity contribution in [2.75, 3.05) is 32.8 Å². The average Bonchev–Trinajstić information content (AvgIpc) is 3.05. The molecule has 0 aliphatic carbocycles. The van der Waals surface area contributed by atoms with E-state index in [1.807, 2.05) is 0 Å². The third kappa shape index (κ3) is 4.74. The highest BCUT2D eigenvalue weighted by Crippen LogP contribution is 2.31. The largest absolute Gasteiger partial charge is 0.490 e. The van der Waals surface area contributed by atoms with E-state index < -0.39 is 5.97 Å². The quantitative estimate of drug-likeness (QED) is 0.842. The molecule has 0 bridgehead atoms. The zero-order chi connectivity index (χ0) is 20.1. The molecule has 0 radical (unpaired) electrons. The third-order valence-corrected chi connectivity index (χ3v) is 5.13. The number of aliphatic carboxylic acids is 1. The maximum Gasteiger partial charge on any atom is 0.323 e. The molecule has 3 rings (SSSR count). The van der Waals surface area contributed by atoms with Gasteiger partial charge in [-0.25, -0.2) is 0 Å². The number of amides is 2. The number of hydrogen-bond donors (Lipinski definition) is 1. The molecule has 1 N–H and O–H groups in total. The summed E-state index contributed by atoms with van der Waals surface area (Å²) < 4.78 is 11.3.